The van der Waals surface area contributed by atoms with Gasteiger partial charge in [-0.15, -0.1) is 0 Å². The van der Waals surface area contributed by atoms with Gasteiger partial charge in [0.1, 0.15) is 11.3 Å². The molecule has 0 unspecified atom stereocenters. The number of hydrogen-bond acceptors (Lipinski definition) is 4. The predicted molar refractivity (Wildman–Crippen MR) is 111 cm³/mol. The first-order valence-electron chi connectivity index (χ1n) is 10.3. The maximum absolute atomic E-state index is 12.5. The van der Waals surface area contributed by atoms with Crippen LogP contribution in [0.15, 0.2) is 45.6 Å². The highest BCUT2D eigenvalue weighted by molar-refractivity contribution is 5.87. The molecule has 1 aliphatic carbocycles. The van der Waals surface area contributed by atoms with Crippen molar-refractivity contribution in [2.75, 3.05) is 11.6 Å². The summed E-state index contributed by atoms with van der Waals surface area (Å²) in [6, 6.07) is 12.8. The fourth-order valence-corrected chi connectivity index (χ4v) is 4.47. The minimum atomic E-state index is -0.175. The zero-order valence-corrected chi connectivity index (χ0v) is 16.3. The standard InChI is InChI=1S/C24H25NO3/c1-2-3-5-16-8-10-17(11-9-16)25-14-21-22(27-15-25)13-12-19-18-6-4-7-20(18)24(26)28-23(19)21/h8-13H,2-7,14-15H2,1H3. The van der Waals surface area contributed by atoms with Gasteiger partial charge in [0.2, 0.25) is 0 Å². The van der Waals surface area contributed by atoms with Gasteiger partial charge in [-0.05, 0) is 67.5 Å². The Morgan fingerprint density at radius 3 is 2.64 bits per heavy atom. The first-order valence-corrected chi connectivity index (χ1v) is 10.3. The van der Waals surface area contributed by atoms with E-state index in [1.165, 1.54) is 24.0 Å². The van der Waals surface area contributed by atoms with Crippen LogP contribution < -0.4 is 15.3 Å². The van der Waals surface area contributed by atoms with Gasteiger partial charge in [-0.2, -0.15) is 0 Å². The fourth-order valence-electron chi connectivity index (χ4n) is 4.47. The summed E-state index contributed by atoms with van der Waals surface area (Å²) in [7, 11) is 0. The van der Waals surface area contributed by atoms with Crippen LogP contribution in [0.4, 0.5) is 5.69 Å². The molecule has 2 heterocycles. The van der Waals surface area contributed by atoms with Crippen LogP contribution in [0, 0.1) is 0 Å². The molecular formula is C24H25NO3. The van der Waals surface area contributed by atoms with Gasteiger partial charge in [0.25, 0.3) is 0 Å². The van der Waals surface area contributed by atoms with Crippen molar-refractivity contribution < 1.29 is 9.15 Å². The van der Waals surface area contributed by atoms with Crippen molar-refractivity contribution in [2.24, 2.45) is 0 Å². The quantitative estimate of drug-likeness (QED) is 0.603. The Labute approximate surface area is 164 Å². The summed E-state index contributed by atoms with van der Waals surface area (Å²) in [6.45, 7) is 3.40. The monoisotopic (exact) mass is 375 g/mol. The predicted octanol–water partition coefficient (Wildman–Crippen LogP) is 4.98. The third kappa shape index (κ3) is 2.88. The molecular weight excluding hydrogens is 350 g/mol. The molecule has 144 valence electrons. The second kappa shape index (κ2) is 7.01. The van der Waals surface area contributed by atoms with Gasteiger partial charge < -0.3 is 14.1 Å². The van der Waals surface area contributed by atoms with E-state index in [0.29, 0.717) is 18.9 Å². The number of nitrogens with zero attached hydrogens (tertiary/aromatic N) is 1. The first-order chi connectivity index (χ1) is 13.7. The molecule has 0 fully saturated rings. The molecule has 0 amide bonds. The van der Waals surface area contributed by atoms with Crippen LogP contribution in [-0.2, 0) is 25.8 Å². The summed E-state index contributed by atoms with van der Waals surface area (Å²) in [5, 5.41) is 1.08. The van der Waals surface area contributed by atoms with Gasteiger partial charge in [-0.25, -0.2) is 4.79 Å². The summed E-state index contributed by atoms with van der Waals surface area (Å²) in [5.74, 6) is 0.824. The van der Waals surface area contributed by atoms with E-state index in [-0.39, 0.29) is 5.63 Å². The van der Waals surface area contributed by atoms with Gasteiger partial charge in [-0.1, -0.05) is 25.5 Å². The smallest absolute Gasteiger partial charge is 0.339 e. The summed E-state index contributed by atoms with van der Waals surface area (Å²) in [5.41, 5.74) is 6.04. The lowest BCUT2D eigenvalue weighted by Gasteiger charge is -2.31. The Morgan fingerprint density at radius 2 is 1.82 bits per heavy atom. The Balaban J connectivity index is 1.50. The zero-order valence-electron chi connectivity index (χ0n) is 16.3. The number of hydrogen-bond donors (Lipinski definition) is 0. The largest absolute Gasteiger partial charge is 0.473 e. The van der Waals surface area contributed by atoms with Crippen LogP contribution >= 0.6 is 0 Å². The number of fused-ring (bicyclic) bond motifs is 5. The van der Waals surface area contributed by atoms with E-state index in [9.17, 15) is 4.79 Å². The highest BCUT2D eigenvalue weighted by Gasteiger charge is 2.26. The lowest BCUT2D eigenvalue weighted by Crippen LogP contribution is -2.32. The van der Waals surface area contributed by atoms with E-state index >= 15 is 0 Å². The topological polar surface area (TPSA) is 42.7 Å². The van der Waals surface area contributed by atoms with Crippen LogP contribution in [0.3, 0.4) is 0 Å². The molecule has 0 saturated carbocycles. The van der Waals surface area contributed by atoms with Crippen LogP contribution in [0.25, 0.3) is 11.0 Å². The summed E-state index contributed by atoms with van der Waals surface area (Å²) in [6.07, 6.45) is 6.37. The number of aryl methyl sites for hydroxylation is 2. The van der Waals surface area contributed by atoms with E-state index in [2.05, 4.69) is 42.2 Å². The molecule has 4 nitrogen and oxygen atoms in total. The van der Waals surface area contributed by atoms with Crippen molar-refractivity contribution >= 4 is 16.7 Å². The highest BCUT2D eigenvalue weighted by Crippen LogP contribution is 2.37. The zero-order chi connectivity index (χ0) is 19.1. The van der Waals surface area contributed by atoms with Gasteiger partial charge in [-0.3, -0.25) is 0 Å². The molecule has 3 aromatic rings. The minimum Gasteiger partial charge on any atom is -0.473 e. The lowest BCUT2D eigenvalue weighted by molar-refractivity contribution is 0.289. The molecule has 2 aromatic carbocycles. The van der Waals surface area contributed by atoms with Crippen molar-refractivity contribution in [3.05, 3.63) is 69.1 Å². The Hall–Kier alpha value is -2.75. The second-order valence-electron chi connectivity index (χ2n) is 7.86. The molecule has 1 aliphatic heterocycles. The molecule has 0 bridgehead atoms. The average Bonchev–Trinajstić information content (AvgIpc) is 3.23. The molecule has 0 saturated heterocycles. The molecule has 0 radical (unpaired) electrons. The second-order valence-corrected chi connectivity index (χ2v) is 7.86. The third-order valence-corrected chi connectivity index (χ3v) is 6.05. The molecule has 28 heavy (non-hydrogen) atoms. The number of rotatable bonds is 4. The molecule has 2 aliphatic rings. The Bertz CT molecular complexity index is 1080. The summed E-state index contributed by atoms with van der Waals surface area (Å²) < 4.78 is 11.8. The molecule has 0 atom stereocenters. The Kier molecular flexibility index (Phi) is 4.34. The average molecular weight is 375 g/mol. The van der Waals surface area contributed by atoms with E-state index < -0.39 is 0 Å². The maximum Gasteiger partial charge on any atom is 0.339 e. The van der Waals surface area contributed by atoms with Crippen LogP contribution in [0.1, 0.15) is 48.4 Å². The molecule has 5 rings (SSSR count). The maximum atomic E-state index is 12.5. The summed E-state index contributed by atoms with van der Waals surface area (Å²) in [4.78, 5) is 14.7. The molecule has 1 aromatic heterocycles. The minimum absolute atomic E-state index is 0.175. The van der Waals surface area contributed by atoms with E-state index in [1.54, 1.807) is 0 Å². The fraction of sp³-hybridized carbons (Fsp3) is 0.375. The van der Waals surface area contributed by atoms with Crippen molar-refractivity contribution in [3.63, 3.8) is 0 Å². The lowest BCUT2D eigenvalue weighted by atomic mass is 10.0. The van der Waals surface area contributed by atoms with Gasteiger partial charge in [0.15, 0.2) is 6.73 Å². The van der Waals surface area contributed by atoms with Crippen molar-refractivity contribution in [2.45, 2.75) is 52.0 Å². The van der Waals surface area contributed by atoms with Crippen LogP contribution in [0.2, 0.25) is 0 Å². The van der Waals surface area contributed by atoms with E-state index in [0.717, 1.165) is 53.6 Å². The van der Waals surface area contributed by atoms with Crippen LogP contribution in [0.5, 0.6) is 5.75 Å². The summed E-state index contributed by atoms with van der Waals surface area (Å²) >= 11 is 0. The van der Waals surface area contributed by atoms with Crippen molar-refractivity contribution in [1.29, 1.82) is 0 Å². The normalized spacial score (nSPS) is 15.4. The number of anilines is 1. The van der Waals surface area contributed by atoms with E-state index in [4.69, 9.17) is 9.15 Å². The SMILES string of the molecule is CCCCc1ccc(N2COc3ccc4c5c(c(=O)oc4c3C2)CCC5)cc1. The first kappa shape index (κ1) is 17.4. The third-order valence-electron chi connectivity index (χ3n) is 6.05. The highest BCUT2D eigenvalue weighted by atomic mass is 16.5. The van der Waals surface area contributed by atoms with Gasteiger partial charge in [0.05, 0.1) is 12.1 Å². The van der Waals surface area contributed by atoms with Crippen molar-refractivity contribution in [1.82, 2.24) is 0 Å². The Morgan fingerprint density at radius 1 is 1.00 bits per heavy atom. The van der Waals surface area contributed by atoms with Gasteiger partial charge >= 0.3 is 5.63 Å². The van der Waals surface area contributed by atoms with E-state index in [1.807, 2.05) is 6.07 Å². The molecule has 0 spiro atoms. The van der Waals surface area contributed by atoms with Crippen molar-refractivity contribution in [3.8, 4) is 5.75 Å². The molecule has 0 N–H and O–H groups in total. The number of ether oxygens (including phenoxy) is 1. The number of benzene rings is 2. The van der Waals surface area contributed by atoms with Gasteiger partial charge in [0, 0.05) is 16.6 Å². The van der Waals surface area contributed by atoms with Crippen LogP contribution in [-0.4, -0.2) is 6.73 Å². The molecule has 4 heteroatoms. The number of unbranched alkanes of at least 4 members (excludes halogenated alkanes) is 1.